The lowest BCUT2D eigenvalue weighted by Crippen LogP contribution is -2.48. The summed E-state index contributed by atoms with van der Waals surface area (Å²) in [5, 5.41) is 14.0. The lowest BCUT2D eigenvalue weighted by Gasteiger charge is -2.44. The van der Waals surface area contributed by atoms with Crippen molar-refractivity contribution in [2.24, 2.45) is 10.9 Å². The number of non-ortho nitro benzene ring substituents is 1. The van der Waals surface area contributed by atoms with Crippen molar-refractivity contribution in [1.29, 1.82) is 0 Å². The number of alkyl carbamates (subject to hydrolysis) is 1. The number of fused-ring (bicyclic) bond motifs is 1. The normalized spacial score (nSPS) is 23.6. The number of benzene rings is 1. The van der Waals surface area contributed by atoms with E-state index in [-0.39, 0.29) is 30.4 Å². The van der Waals surface area contributed by atoms with Crippen LogP contribution in [0.4, 0.5) is 23.7 Å². The average molecular weight is 477 g/mol. The molecule has 1 N–H and O–H groups in total. The maximum atomic E-state index is 13.1. The van der Waals surface area contributed by atoms with E-state index in [1.165, 1.54) is 11.8 Å². The predicted molar refractivity (Wildman–Crippen MR) is 110 cm³/mol. The van der Waals surface area contributed by atoms with Gasteiger partial charge < -0.3 is 14.2 Å². The molecular formula is C19H22F3N3O6S. The van der Waals surface area contributed by atoms with Gasteiger partial charge >= 0.3 is 12.5 Å². The van der Waals surface area contributed by atoms with Crippen LogP contribution in [0.2, 0.25) is 0 Å². The summed E-state index contributed by atoms with van der Waals surface area (Å²) in [5.74, 6) is -0.631. The van der Waals surface area contributed by atoms with Gasteiger partial charge in [0.1, 0.15) is 16.9 Å². The average Bonchev–Trinajstić information content (AvgIpc) is 2.65. The molecule has 2 atom stereocenters. The fraction of sp³-hybridized carbons (Fsp3) is 0.579. The number of nitro groups is 1. The first-order valence-corrected chi connectivity index (χ1v) is 10.6. The third-order valence-corrected chi connectivity index (χ3v) is 5.85. The van der Waals surface area contributed by atoms with Crippen LogP contribution < -0.4 is 10.1 Å². The second-order valence-electron chi connectivity index (χ2n) is 8.29. The summed E-state index contributed by atoms with van der Waals surface area (Å²) in [5.41, 5.74) is -2.57. The molecular weight excluding hydrogens is 455 g/mol. The highest BCUT2D eigenvalue weighted by molar-refractivity contribution is 8.13. The van der Waals surface area contributed by atoms with Gasteiger partial charge in [-0.3, -0.25) is 20.4 Å². The minimum atomic E-state index is -5.01. The van der Waals surface area contributed by atoms with Crippen LogP contribution in [0, 0.1) is 16.0 Å². The first kappa shape index (κ1) is 24.1. The highest BCUT2D eigenvalue weighted by Crippen LogP contribution is 2.49. The number of halogens is 3. The van der Waals surface area contributed by atoms with E-state index in [1.54, 1.807) is 20.8 Å². The Morgan fingerprint density at radius 2 is 2.09 bits per heavy atom. The number of nitrogens with zero attached hydrogens (tertiary/aromatic N) is 2. The molecule has 0 unspecified atom stereocenters. The van der Waals surface area contributed by atoms with Gasteiger partial charge in [0.05, 0.1) is 11.5 Å². The van der Waals surface area contributed by atoms with Crippen molar-refractivity contribution < 1.29 is 37.1 Å². The first-order valence-electron chi connectivity index (χ1n) is 9.64. The Kier molecular flexibility index (Phi) is 6.61. The van der Waals surface area contributed by atoms with Crippen molar-refractivity contribution in [2.45, 2.75) is 44.7 Å². The number of hydrogen-bond acceptors (Lipinski definition) is 8. The number of amidine groups is 1. The zero-order valence-corrected chi connectivity index (χ0v) is 18.3. The van der Waals surface area contributed by atoms with Crippen molar-refractivity contribution in [3.05, 3.63) is 33.9 Å². The van der Waals surface area contributed by atoms with E-state index >= 15 is 0 Å². The molecule has 2 heterocycles. The lowest BCUT2D eigenvalue weighted by molar-refractivity contribution is -0.385. The summed E-state index contributed by atoms with van der Waals surface area (Å²) in [6, 6.07) is 2.90. The highest BCUT2D eigenvalue weighted by atomic mass is 32.2. The van der Waals surface area contributed by atoms with Crippen LogP contribution in [0.5, 0.6) is 5.75 Å². The SMILES string of the molecule is CC(C)(C)OC(=O)NC1=N[C@@]2(c3cc([N+](=O)[O-])ccc3OC(F)(F)F)CCOC[C@H]2CS1. The number of thioether (sulfide) groups is 1. The third kappa shape index (κ3) is 5.63. The molecule has 2 aliphatic heterocycles. The molecule has 2 aliphatic rings. The smallest absolute Gasteiger partial charge is 0.444 e. The standard InChI is InChI=1S/C19H22F3N3O6S/c1-17(2,3)31-16(26)23-15-24-18(6-7-29-9-11(18)10-32-15)13-8-12(25(27)28)4-5-14(13)30-19(20,21)22/h4-5,8,11H,6-7,9-10H2,1-3H3,(H,23,24,26)/t11-,18-/m0/s1. The highest BCUT2D eigenvalue weighted by Gasteiger charge is 2.49. The van der Waals surface area contributed by atoms with Crippen LogP contribution in [0.1, 0.15) is 32.8 Å². The molecule has 1 saturated heterocycles. The molecule has 3 rings (SSSR count). The van der Waals surface area contributed by atoms with Gasteiger partial charge in [-0.25, -0.2) is 4.79 Å². The Bertz CT molecular complexity index is 934. The molecule has 0 bridgehead atoms. The van der Waals surface area contributed by atoms with Crippen LogP contribution in [-0.2, 0) is 15.0 Å². The molecule has 0 spiro atoms. The Morgan fingerprint density at radius 3 is 2.72 bits per heavy atom. The molecule has 0 radical (unpaired) electrons. The fourth-order valence-corrected chi connectivity index (χ4v) is 4.69. The van der Waals surface area contributed by atoms with Gasteiger partial charge in [0.2, 0.25) is 0 Å². The van der Waals surface area contributed by atoms with Crippen LogP contribution in [0.3, 0.4) is 0 Å². The lowest BCUT2D eigenvalue weighted by atomic mass is 9.75. The minimum absolute atomic E-state index is 0.0823. The summed E-state index contributed by atoms with van der Waals surface area (Å²) in [6.45, 7) is 5.40. The number of aliphatic imine (C=N–C) groups is 1. The summed E-state index contributed by atoms with van der Waals surface area (Å²) in [7, 11) is 0. The van der Waals surface area contributed by atoms with E-state index in [0.717, 1.165) is 18.2 Å². The van der Waals surface area contributed by atoms with Gasteiger partial charge in [0.25, 0.3) is 5.69 Å². The molecule has 1 fully saturated rings. The quantitative estimate of drug-likeness (QED) is 0.509. The minimum Gasteiger partial charge on any atom is -0.444 e. The van der Waals surface area contributed by atoms with Gasteiger partial charge in [-0.05, 0) is 26.8 Å². The Morgan fingerprint density at radius 1 is 1.38 bits per heavy atom. The van der Waals surface area contributed by atoms with Gasteiger partial charge in [-0.1, -0.05) is 11.8 Å². The topological polar surface area (TPSA) is 112 Å². The van der Waals surface area contributed by atoms with Crippen LogP contribution >= 0.6 is 11.8 Å². The number of hydrogen-bond donors (Lipinski definition) is 1. The summed E-state index contributed by atoms with van der Waals surface area (Å²) < 4.78 is 54.2. The molecule has 9 nitrogen and oxygen atoms in total. The third-order valence-electron chi connectivity index (χ3n) is 4.82. The number of carbonyl (C=O) groups excluding carboxylic acids is 1. The van der Waals surface area contributed by atoms with Crippen molar-refractivity contribution in [3.63, 3.8) is 0 Å². The maximum Gasteiger partial charge on any atom is 0.573 e. The van der Waals surface area contributed by atoms with Crippen molar-refractivity contribution in [1.82, 2.24) is 5.32 Å². The van der Waals surface area contributed by atoms with E-state index < -0.39 is 45.9 Å². The monoisotopic (exact) mass is 477 g/mol. The van der Waals surface area contributed by atoms with E-state index in [0.29, 0.717) is 5.75 Å². The number of carbonyl (C=O) groups is 1. The molecule has 0 aromatic heterocycles. The van der Waals surface area contributed by atoms with E-state index in [4.69, 9.17) is 9.47 Å². The summed E-state index contributed by atoms with van der Waals surface area (Å²) >= 11 is 1.19. The van der Waals surface area contributed by atoms with Crippen LogP contribution in [-0.4, -0.2) is 47.1 Å². The Labute approximate surface area is 185 Å². The van der Waals surface area contributed by atoms with E-state index in [9.17, 15) is 28.1 Å². The largest absolute Gasteiger partial charge is 0.573 e. The number of nitro benzene ring substituents is 1. The van der Waals surface area contributed by atoms with E-state index in [2.05, 4.69) is 15.0 Å². The van der Waals surface area contributed by atoms with Crippen molar-refractivity contribution in [3.8, 4) is 5.75 Å². The number of alkyl halides is 3. The van der Waals surface area contributed by atoms with Gasteiger partial charge in [0, 0.05) is 42.4 Å². The summed E-state index contributed by atoms with van der Waals surface area (Å²) in [4.78, 5) is 27.4. The number of amides is 1. The Balaban J connectivity index is 2.09. The zero-order valence-electron chi connectivity index (χ0n) is 17.5. The number of ether oxygens (including phenoxy) is 3. The Hall–Kier alpha value is -2.54. The molecule has 1 aromatic rings. The predicted octanol–water partition coefficient (Wildman–Crippen LogP) is 4.35. The van der Waals surface area contributed by atoms with Gasteiger partial charge in [-0.15, -0.1) is 13.2 Å². The summed E-state index contributed by atoms with van der Waals surface area (Å²) in [6.07, 6.45) is -5.63. The molecule has 0 aliphatic carbocycles. The first-order chi connectivity index (χ1) is 14.8. The van der Waals surface area contributed by atoms with Crippen LogP contribution in [0.25, 0.3) is 0 Å². The second-order valence-corrected chi connectivity index (χ2v) is 9.30. The second kappa shape index (κ2) is 8.77. The zero-order chi connectivity index (χ0) is 23.7. The molecule has 176 valence electrons. The maximum absolute atomic E-state index is 13.1. The van der Waals surface area contributed by atoms with Crippen molar-refractivity contribution >= 4 is 28.7 Å². The molecule has 0 saturated carbocycles. The van der Waals surface area contributed by atoms with Crippen molar-refractivity contribution in [2.75, 3.05) is 19.0 Å². The molecule has 13 heteroatoms. The molecule has 32 heavy (non-hydrogen) atoms. The van der Waals surface area contributed by atoms with E-state index in [1.807, 2.05) is 0 Å². The number of nitrogens with one attached hydrogen (secondary N) is 1. The number of rotatable bonds is 3. The molecule has 1 amide bonds. The van der Waals surface area contributed by atoms with Gasteiger partial charge in [0.15, 0.2) is 5.17 Å². The van der Waals surface area contributed by atoms with Crippen LogP contribution in [0.15, 0.2) is 23.2 Å². The fourth-order valence-electron chi connectivity index (χ4n) is 3.57. The van der Waals surface area contributed by atoms with Gasteiger partial charge in [-0.2, -0.15) is 0 Å². The molecule has 1 aromatic carbocycles.